The van der Waals surface area contributed by atoms with Crippen LogP contribution in [0, 0.1) is 6.92 Å². The van der Waals surface area contributed by atoms with Gasteiger partial charge < -0.3 is 9.47 Å². The number of hydrogen-bond acceptors (Lipinski definition) is 2. The van der Waals surface area contributed by atoms with E-state index in [1.807, 2.05) is 43.3 Å². The van der Waals surface area contributed by atoms with Crippen LogP contribution < -0.4 is 9.47 Å². The highest BCUT2D eigenvalue weighted by atomic mass is 19.4. The van der Waals surface area contributed by atoms with E-state index in [4.69, 9.17) is 9.47 Å². The number of ether oxygens (including phenoxy) is 2. The molecule has 0 aromatic heterocycles. The lowest BCUT2D eigenvalue weighted by Crippen LogP contribution is -2.15. The smallest absolute Gasteiger partial charge is 0.416 e. The summed E-state index contributed by atoms with van der Waals surface area (Å²) in [6, 6.07) is 11.5. The van der Waals surface area contributed by atoms with Crippen LogP contribution in [0.4, 0.5) is 13.2 Å². The van der Waals surface area contributed by atoms with E-state index in [0.29, 0.717) is 24.7 Å². The van der Waals surface area contributed by atoms with Crippen LogP contribution in [0.15, 0.2) is 78.4 Å². The van der Waals surface area contributed by atoms with Gasteiger partial charge in [-0.25, -0.2) is 0 Å². The molecule has 0 saturated carbocycles. The number of benzene rings is 2. The van der Waals surface area contributed by atoms with Crippen LogP contribution >= 0.6 is 0 Å². The lowest BCUT2D eigenvalue weighted by atomic mass is 9.95. The summed E-state index contributed by atoms with van der Waals surface area (Å²) in [7, 11) is 0. The quantitative estimate of drug-likeness (QED) is 0.489. The maximum Gasteiger partial charge on any atom is 0.416 e. The second-order valence-electron chi connectivity index (χ2n) is 6.77. The fourth-order valence-corrected chi connectivity index (χ4v) is 3.35. The first-order valence-electron chi connectivity index (χ1n) is 9.59. The highest BCUT2D eigenvalue weighted by Gasteiger charge is 2.34. The van der Waals surface area contributed by atoms with Gasteiger partial charge in [0.15, 0.2) is 11.5 Å². The number of halogens is 3. The second kappa shape index (κ2) is 9.08. The van der Waals surface area contributed by atoms with Crippen molar-refractivity contribution in [3.05, 3.63) is 89.6 Å². The molecule has 0 radical (unpaired) electrons. The van der Waals surface area contributed by atoms with Crippen LogP contribution in [0.2, 0.25) is 0 Å². The van der Waals surface area contributed by atoms with Crippen molar-refractivity contribution in [2.45, 2.75) is 20.0 Å². The standard InChI is InChI=1S/C25H23F3O2/c1-4-7-22(25(26,27)28)18(5-2)10-11-19-8-6-9-21(17(19)3)20-12-13-23-24(16-20)30-15-14-29-23/h4-13,16H,1,14-15H2,2-3H3/b11-10+,18-5-,22-7+. The van der Waals surface area contributed by atoms with Crippen LogP contribution in [0.1, 0.15) is 18.1 Å². The van der Waals surface area contributed by atoms with Crippen molar-refractivity contribution in [2.24, 2.45) is 0 Å². The van der Waals surface area contributed by atoms with Gasteiger partial charge in [-0.15, -0.1) is 0 Å². The Balaban J connectivity index is 1.95. The van der Waals surface area contributed by atoms with E-state index >= 15 is 0 Å². The van der Waals surface area contributed by atoms with Crippen LogP contribution in [0.3, 0.4) is 0 Å². The van der Waals surface area contributed by atoms with Crippen molar-refractivity contribution in [3.8, 4) is 22.6 Å². The summed E-state index contributed by atoms with van der Waals surface area (Å²) in [5, 5.41) is 0. The first kappa shape index (κ1) is 21.5. The Morgan fingerprint density at radius 2 is 1.80 bits per heavy atom. The Labute approximate surface area is 174 Å². The van der Waals surface area contributed by atoms with Gasteiger partial charge in [-0.1, -0.05) is 61.2 Å². The zero-order valence-electron chi connectivity index (χ0n) is 16.9. The molecule has 5 heteroatoms. The molecule has 0 amide bonds. The largest absolute Gasteiger partial charge is 0.486 e. The van der Waals surface area contributed by atoms with Crippen molar-refractivity contribution in [1.29, 1.82) is 0 Å². The lowest BCUT2D eigenvalue weighted by Gasteiger charge is -2.19. The number of rotatable bonds is 5. The van der Waals surface area contributed by atoms with Crippen molar-refractivity contribution in [3.63, 3.8) is 0 Å². The Morgan fingerprint density at radius 3 is 2.47 bits per heavy atom. The van der Waals surface area contributed by atoms with Gasteiger partial charge in [0.1, 0.15) is 13.2 Å². The van der Waals surface area contributed by atoms with E-state index in [9.17, 15) is 13.2 Å². The van der Waals surface area contributed by atoms with Crippen LogP contribution in [0.25, 0.3) is 17.2 Å². The average Bonchev–Trinajstić information content (AvgIpc) is 2.73. The molecular formula is C25H23F3O2. The maximum absolute atomic E-state index is 13.4. The number of alkyl halides is 3. The van der Waals surface area contributed by atoms with Gasteiger partial charge in [0.25, 0.3) is 0 Å². The Bertz CT molecular complexity index is 1030. The second-order valence-corrected chi connectivity index (χ2v) is 6.77. The van der Waals surface area contributed by atoms with Crippen LogP contribution in [-0.2, 0) is 0 Å². The maximum atomic E-state index is 13.4. The van der Waals surface area contributed by atoms with E-state index in [2.05, 4.69) is 6.58 Å². The Morgan fingerprint density at radius 1 is 1.07 bits per heavy atom. The molecule has 2 aromatic rings. The van der Waals surface area contributed by atoms with Crippen molar-refractivity contribution in [1.82, 2.24) is 0 Å². The molecule has 156 valence electrons. The molecule has 2 nitrogen and oxygen atoms in total. The Hall–Kier alpha value is -3.21. The van der Waals surface area contributed by atoms with E-state index in [-0.39, 0.29) is 5.57 Å². The summed E-state index contributed by atoms with van der Waals surface area (Å²) in [4.78, 5) is 0. The van der Waals surface area contributed by atoms with Gasteiger partial charge in [-0.3, -0.25) is 0 Å². The van der Waals surface area contributed by atoms with E-state index in [1.165, 1.54) is 12.2 Å². The zero-order chi connectivity index (χ0) is 21.7. The molecule has 0 atom stereocenters. The van der Waals surface area contributed by atoms with Gasteiger partial charge in [-0.2, -0.15) is 13.2 Å². The minimum atomic E-state index is -4.46. The molecule has 30 heavy (non-hydrogen) atoms. The molecule has 0 N–H and O–H groups in total. The highest BCUT2D eigenvalue weighted by molar-refractivity contribution is 5.75. The molecule has 1 aliphatic heterocycles. The number of allylic oxidation sites excluding steroid dienone is 6. The number of fused-ring (bicyclic) bond motifs is 1. The summed E-state index contributed by atoms with van der Waals surface area (Å²) >= 11 is 0. The first-order valence-corrected chi connectivity index (χ1v) is 9.59. The fraction of sp³-hybridized carbons (Fsp3) is 0.200. The predicted molar refractivity (Wildman–Crippen MR) is 115 cm³/mol. The minimum absolute atomic E-state index is 0.0894. The normalized spacial score (nSPS) is 14.8. The molecule has 3 rings (SSSR count). The minimum Gasteiger partial charge on any atom is -0.486 e. The molecular weight excluding hydrogens is 389 g/mol. The average molecular weight is 412 g/mol. The monoisotopic (exact) mass is 412 g/mol. The third-order valence-electron chi connectivity index (χ3n) is 4.88. The molecule has 2 aromatic carbocycles. The number of hydrogen-bond donors (Lipinski definition) is 0. The molecule has 0 aliphatic carbocycles. The van der Waals surface area contributed by atoms with Gasteiger partial charge >= 0.3 is 6.18 Å². The summed E-state index contributed by atoms with van der Waals surface area (Å²) in [5.41, 5.74) is 3.10. The molecule has 0 saturated heterocycles. The van der Waals surface area contributed by atoms with Crippen molar-refractivity contribution < 1.29 is 22.6 Å². The third kappa shape index (κ3) is 4.67. The molecule has 0 bridgehead atoms. The topological polar surface area (TPSA) is 18.5 Å². The zero-order valence-corrected chi connectivity index (χ0v) is 16.9. The summed E-state index contributed by atoms with van der Waals surface area (Å²) < 4.78 is 51.3. The fourth-order valence-electron chi connectivity index (χ4n) is 3.35. The van der Waals surface area contributed by atoms with Crippen molar-refractivity contribution in [2.75, 3.05) is 13.2 Å². The molecule has 0 spiro atoms. The third-order valence-corrected chi connectivity index (χ3v) is 4.88. The lowest BCUT2D eigenvalue weighted by molar-refractivity contribution is -0.0889. The van der Waals surface area contributed by atoms with Crippen molar-refractivity contribution >= 4 is 6.08 Å². The molecule has 0 unspecified atom stereocenters. The Kier molecular flexibility index (Phi) is 6.50. The van der Waals surface area contributed by atoms with Gasteiger partial charge in [0, 0.05) is 0 Å². The van der Waals surface area contributed by atoms with E-state index in [0.717, 1.165) is 34.4 Å². The predicted octanol–water partition coefficient (Wildman–Crippen LogP) is 7.07. The van der Waals surface area contributed by atoms with Gasteiger partial charge in [-0.05, 0) is 53.8 Å². The summed E-state index contributed by atoms with van der Waals surface area (Å²) in [6.45, 7) is 7.96. The van der Waals surface area contributed by atoms with Gasteiger partial charge in [0.05, 0.1) is 5.57 Å². The van der Waals surface area contributed by atoms with Crippen LogP contribution in [-0.4, -0.2) is 19.4 Å². The van der Waals surface area contributed by atoms with E-state index < -0.39 is 11.7 Å². The molecule has 1 aliphatic rings. The summed E-state index contributed by atoms with van der Waals surface area (Å²) in [6.07, 6.45) is 2.31. The summed E-state index contributed by atoms with van der Waals surface area (Å²) in [5.74, 6) is 1.41. The molecule has 1 heterocycles. The van der Waals surface area contributed by atoms with E-state index in [1.54, 1.807) is 13.0 Å². The first-order chi connectivity index (χ1) is 14.3. The molecule has 0 fully saturated rings. The van der Waals surface area contributed by atoms with Gasteiger partial charge in [0.2, 0.25) is 0 Å². The SMILES string of the molecule is C=C\C=C(C(=C\C)/C=C/c1cccc(-c2ccc3c(c2)OCCO3)c1C)\C(F)(F)F. The van der Waals surface area contributed by atoms with Crippen LogP contribution in [0.5, 0.6) is 11.5 Å². The highest BCUT2D eigenvalue weighted by Crippen LogP contribution is 2.37.